The van der Waals surface area contributed by atoms with Gasteiger partial charge in [-0.3, -0.25) is 4.79 Å². The number of carbonyl (C=O) groups is 1. The van der Waals surface area contributed by atoms with Crippen LogP contribution in [-0.2, 0) is 11.2 Å². The summed E-state index contributed by atoms with van der Waals surface area (Å²) in [5, 5.41) is 10.2. The number of hydrogen-bond acceptors (Lipinski definition) is 3. The van der Waals surface area contributed by atoms with Gasteiger partial charge in [0, 0.05) is 0 Å². The Bertz CT molecular complexity index is 520. The molecule has 4 nitrogen and oxygen atoms in total. The van der Waals surface area contributed by atoms with Crippen molar-refractivity contribution in [3.8, 4) is 5.75 Å². The second-order valence-corrected chi connectivity index (χ2v) is 6.27. The third kappa shape index (κ3) is 2.18. The largest absolute Gasteiger partial charge is 0.492 e. The maximum Gasteiger partial charge on any atom is 0.229 e. The SMILES string of the molecule is CC(C)C1(O)CN(C(=O)C2COc3ccccc3C2)C1. The molecule has 1 aromatic carbocycles. The molecule has 0 aliphatic carbocycles. The first-order valence-corrected chi connectivity index (χ1v) is 7.21. The van der Waals surface area contributed by atoms with Crippen LogP contribution < -0.4 is 4.74 Å². The fraction of sp³-hybridized carbons (Fsp3) is 0.562. The number of para-hydroxylation sites is 1. The number of benzene rings is 1. The van der Waals surface area contributed by atoms with Crippen LogP contribution in [-0.4, -0.2) is 41.2 Å². The van der Waals surface area contributed by atoms with Gasteiger partial charge in [-0.25, -0.2) is 0 Å². The molecule has 1 N–H and O–H groups in total. The van der Waals surface area contributed by atoms with Gasteiger partial charge in [-0.2, -0.15) is 0 Å². The number of β-amino-alcohol motifs (C(OH)–C–C–N with tert-alkyl or cyclic N) is 1. The van der Waals surface area contributed by atoms with E-state index in [1.165, 1.54) is 0 Å². The number of aliphatic hydroxyl groups is 1. The summed E-state index contributed by atoms with van der Waals surface area (Å²) in [6.07, 6.45) is 0.728. The molecule has 1 atom stereocenters. The van der Waals surface area contributed by atoms with Crippen LogP contribution in [0.25, 0.3) is 0 Å². The van der Waals surface area contributed by atoms with Gasteiger partial charge < -0.3 is 14.7 Å². The summed E-state index contributed by atoms with van der Waals surface area (Å²) in [7, 11) is 0. The lowest BCUT2D eigenvalue weighted by Crippen LogP contribution is -2.67. The molecule has 0 bridgehead atoms. The lowest BCUT2D eigenvalue weighted by Gasteiger charge is -2.50. The molecule has 3 rings (SSSR count). The highest BCUT2D eigenvalue weighted by Gasteiger charge is 2.47. The standard InChI is InChI=1S/C16H21NO3/c1-11(2)16(19)9-17(10-16)15(18)13-7-12-5-3-4-6-14(12)20-8-13/h3-6,11,13,19H,7-10H2,1-2H3. The molecule has 4 heteroatoms. The van der Waals surface area contributed by atoms with Gasteiger partial charge in [0.2, 0.25) is 5.91 Å². The minimum absolute atomic E-state index is 0.102. The van der Waals surface area contributed by atoms with Crippen molar-refractivity contribution in [1.29, 1.82) is 0 Å². The molecule has 0 aromatic heterocycles. The van der Waals surface area contributed by atoms with Gasteiger partial charge in [-0.1, -0.05) is 32.0 Å². The van der Waals surface area contributed by atoms with Crippen LogP contribution in [0.1, 0.15) is 19.4 Å². The molecule has 2 aliphatic heterocycles. The Morgan fingerprint density at radius 1 is 1.40 bits per heavy atom. The maximum atomic E-state index is 12.4. The highest BCUT2D eigenvalue weighted by Crippen LogP contribution is 2.32. The fourth-order valence-corrected chi connectivity index (χ4v) is 2.88. The van der Waals surface area contributed by atoms with E-state index < -0.39 is 5.60 Å². The van der Waals surface area contributed by atoms with Crippen molar-refractivity contribution in [2.75, 3.05) is 19.7 Å². The molecule has 0 saturated carbocycles. The number of hydrogen-bond donors (Lipinski definition) is 1. The van der Waals surface area contributed by atoms with Gasteiger partial charge in [-0.05, 0) is 24.0 Å². The Morgan fingerprint density at radius 2 is 2.10 bits per heavy atom. The minimum Gasteiger partial charge on any atom is -0.492 e. The number of rotatable bonds is 2. The number of carbonyl (C=O) groups excluding carboxylic acids is 1. The number of amides is 1. The van der Waals surface area contributed by atoms with Gasteiger partial charge in [0.05, 0.1) is 19.0 Å². The van der Waals surface area contributed by atoms with E-state index in [1.807, 2.05) is 38.1 Å². The smallest absolute Gasteiger partial charge is 0.229 e. The summed E-state index contributed by atoms with van der Waals surface area (Å²) in [6.45, 7) is 5.30. The third-order valence-corrected chi connectivity index (χ3v) is 4.54. The highest BCUT2D eigenvalue weighted by molar-refractivity contribution is 5.81. The third-order valence-electron chi connectivity index (χ3n) is 4.54. The Morgan fingerprint density at radius 3 is 2.80 bits per heavy atom. The number of likely N-dealkylation sites (tertiary alicyclic amines) is 1. The van der Waals surface area contributed by atoms with Crippen LogP contribution in [0.15, 0.2) is 24.3 Å². The number of ether oxygens (including phenoxy) is 1. The molecule has 0 spiro atoms. The van der Waals surface area contributed by atoms with Crippen LogP contribution >= 0.6 is 0 Å². The first kappa shape index (κ1) is 13.4. The quantitative estimate of drug-likeness (QED) is 0.889. The van der Waals surface area contributed by atoms with E-state index in [0.29, 0.717) is 19.7 Å². The number of fused-ring (bicyclic) bond motifs is 1. The van der Waals surface area contributed by atoms with Crippen LogP contribution in [0, 0.1) is 11.8 Å². The molecular formula is C16H21NO3. The van der Waals surface area contributed by atoms with Crippen LogP contribution in [0.3, 0.4) is 0 Å². The van der Waals surface area contributed by atoms with Crippen molar-refractivity contribution >= 4 is 5.91 Å². The van der Waals surface area contributed by atoms with E-state index in [1.54, 1.807) is 4.90 Å². The molecule has 1 amide bonds. The summed E-state index contributed by atoms with van der Waals surface area (Å²) in [6, 6.07) is 7.86. The molecule has 0 radical (unpaired) electrons. The van der Waals surface area contributed by atoms with Gasteiger partial charge >= 0.3 is 0 Å². The zero-order valence-electron chi connectivity index (χ0n) is 12.0. The topological polar surface area (TPSA) is 49.8 Å². The maximum absolute atomic E-state index is 12.4. The zero-order chi connectivity index (χ0) is 14.3. The minimum atomic E-state index is -0.705. The average Bonchev–Trinajstić information content (AvgIpc) is 2.42. The van der Waals surface area contributed by atoms with Crippen molar-refractivity contribution in [3.05, 3.63) is 29.8 Å². The van der Waals surface area contributed by atoms with Crippen LogP contribution in [0.4, 0.5) is 0 Å². The summed E-state index contributed by atoms with van der Waals surface area (Å²) in [5.41, 5.74) is 0.389. The Balaban J connectivity index is 1.64. The summed E-state index contributed by atoms with van der Waals surface area (Å²) in [4.78, 5) is 14.2. The van der Waals surface area contributed by atoms with E-state index in [9.17, 15) is 9.90 Å². The second kappa shape index (κ2) is 4.77. The van der Waals surface area contributed by atoms with Gasteiger partial charge in [-0.15, -0.1) is 0 Å². The Hall–Kier alpha value is -1.55. The normalized spacial score (nSPS) is 23.8. The monoisotopic (exact) mass is 275 g/mol. The van der Waals surface area contributed by atoms with E-state index in [-0.39, 0.29) is 17.7 Å². The first-order chi connectivity index (χ1) is 9.49. The summed E-state index contributed by atoms with van der Waals surface area (Å²) >= 11 is 0. The van der Waals surface area contributed by atoms with Crippen molar-refractivity contribution < 1.29 is 14.6 Å². The van der Waals surface area contributed by atoms with Crippen LogP contribution in [0.5, 0.6) is 5.75 Å². The molecule has 20 heavy (non-hydrogen) atoms. The van der Waals surface area contributed by atoms with Crippen LogP contribution in [0.2, 0.25) is 0 Å². The van der Waals surface area contributed by atoms with Crippen molar-refractivity contribution in [1.82, 2.24) is 4.90 Å². The molecule has 2 aliphatic rings. The zero-order valence-corrected chi connectivity index (χ0v) is 12.0. The lowest BCUT2D eigenvalue weighted by atomic mass is 9.82. The van der Waals surface area contributed by atoms with Crippen molar-refractivity contribution in [2.45, 2.75) is 25.9 Å². The first-order valence-electron chi connectivity index (χ1n) is 7.21. The van der Waals surface area contributed by atoms with E-state index in [2.05, 4.69) is 0 Å². The highest BCUT2D eigenvalue weighted by atomic mass is 16.5. The van der Waals surface area contributed by atoms with Crippen molar-refractivity contribution in [2.24, 2.45) is 11.8 Å². The number of nitrogens with zero attached hydrogens (tertiary/aromatic N) is 1. The molecule has 1 unspecified atom stereocenters. The molecule has 1 saturated heterocycles. The molecule has 2 heterocycles. The predicted octanol–water partition coefficient (Wildman–Crippen LogP) is 1.47. The van der Waals surface area contributed by atoms with E-state index >= 15 is 0 Å². The second-order valence-electron chi connectivity index (χ2n) is 6.27. The Kier molecular flexibility index (Phi) is 3.21. The van der Waals surface area contributed by atoms with Gasteiger partial charge in [0.25, 0.3) is 0 Å². The molecular weight excluding hydrogens is 254 g/mol. The molecule has 1 aromatic rings. The molecule has 1 fully saturated rings. The van der Waals surface area contributed by atoms with Gasteiger partial charge in [0.15, 0.2) is 0 Å². The lowest BCUT2D eigenvalue weighted by molar-refractivity contribution is -0.168. The van der Waals surface area contributed by atoms with E-state index in [0.717, 1.165) is 17.7 Å². The summed E-state index contributed by atoms with van der Waals surface area (Å²) < 4.78 is 5.67. The van der Waals surface area contributed by atoms with Crippen molar-refractivity contribution in [3.63, 3.8) is 0 Å². The van der Waals surface area contributed by atoms with E-state index in [4.69, 9.17) is 4.74 Å². The predicted molar refractivity (Wildman–Crippen MR) is 75.5 cm³/mol. The average molecular weight is 275 g/mol. The van der Waals surface area contributed by atoms with Gasteiger partial charge in [0.1, 0.15) is 18.0 Å². The fourth-order valence-electron chi connectivity index (χ4n) is 2.88. The summed E-state index contributed by atoms with van der Waals surface area (Å²) in [5.74, 6) is 1.04. The Labute approximate surface area is 119 Å². The molecule has 108 valence electrons.